The van der Waals surface area contributed by atoms with E-state index in [1.165, 1.54) is 23.2 Å². The molecule has 33 heavy (non-hydrogen) atoms. The second kappa shape index (κ2) is 9.22. The van der Waals surface area contributed by atoms with E-state index < -0.39 is 0 Å². The Morgan fingerprint density at radius 3 is 2.39 bits per heavy atom. The standard InChI is InChI=1S/C27H31ClN4O/c1-19-7-12-23(20(2)18-19)30-14-16-31(17-15-30)27(33)25-24-6-4-3-5-13-32(24)26(29-25)21-8-10-22(28)11-9-21/h7-12,18H,3-6,13-17H2,1-2H3. The van der Waals surface area contributed by atoms with E-state index in [2.05, 4.69) is 41.5 Å². The first kappa shape index (κ1) is 22.0. The highest BCUT2D eigenvalue weighted by molar-refractivity contribution is 6.30. The van der Waals surface area contributed by atoms with Crippen LogP contribution in [-0.2, 0) is 13.0 Å². The minimum atomic E-state index is 0.0705. The van der Waals surface area contributed by atoms with Crippen LogP contribution in [0.1, 0.15) is 46.6 Å². The van der Waals surface area contributed by atoms with Gasteiger partial charge in [-0.15, -0.1) is 0 Å². The van der Waals surface area contributed by atoms with E-state index in [0.717, 1.165) is 56.0 Å². The summed E-state index contributed by atoms with van der Waals surface area (Å²) in [4.78, 5) is 23.0. The molecule has 0 aliphatic carbocycles. The number of rotatable bonds is 3. The zero-order valence-electron chi connectivity index (χ0n) is 19.5. The number of halogens is 1. The molecule has 2 aromatic carbocycles. The molecule has 2 aliphatic heterocycles. The van der Waals surface area contributed by atoms with Crippen LogP contribution in [0.4, 0.5) is 5.69 Å². The molecule has 1 amide bonds. The number of aryl methyl sites for hydroxylation is 2. The first-order valence-electron chi connectivity index (χ1n) is 12.0. The summed E-state index contributed by atoms with van der Waals surface area (Å²) in [5.41, 5.74) is 6.60. The van der Waals surface area contributed by atoms with E-state index in [1.54, 1.807) is 0 Å². The van der Waals surface area contributed by atoms with Gasteiger partial charge in [-0.1, -0.05) is 35.7 Å². The normalized spacial score (nSPS) is 16.5. The second-order valence-corrected chi connectivity index (χ2v) is 9.71. The Morgan fingerprint density at radius 1 is 0.909 bits per heavy atom. The highest BCUT2D eigenvalue weighted by atomic mass is 35.5. The largest absolute Gasteiger partial charge is 0.368 e. The van der Waals surface area contributed by atoms with Crippen molar-refractivity contribution in [2.75, 3.05) is 31.1 Å². The van der Waals surface area contributed by atoms with Crippen LogP contribution in [0.15, 0.2) is 42.5 Å². The summed E-state index contributed by atoms with van der Waals surface area (Å²) in [6, 6.07) is 14.4. The Kier molecular flexibility index (Phi) is 6.15. The number of amides is 1. The summed E-state index contributed by atoms with van der Waals surface area (Å²) in [5.74, 6) is 0.960. The van der Waals surface area contributed by atoms with Crippen molar-refractivity contribution in [1.82, 2.24) is 14.5 Å². The minimum absolute atomic E-state index is 0.0705. The Balaban J connectivity index is 1.39. The predicted octanol–water partition coefficient (Wildman–Crippen LogP) is 5.51. The number of hydrogen-bond donors (Lipinski definition) is 0. The minimum Gasteiger partial charge on any atom is -0.368 e. The van der Waals surface area contributed by atoms with Gasteiger partial charge < -0.3 is 14.4 Å². The molecule has 2 aliphatic rings. The third-order valence-corrected chi connectivity index (χ3v) is 7.18. The van der Waals surface area contributed by atoms with Gasteiger partial charge in [-0.25, -0.2) is 4.98 Å². The average Bonchev–Trinajstić information content (AvgIpc) is 3.00. The average molecular weight is 463 g/mol. The van der Waals surface area contributed by atoms with Crippen molar-refractivity contribution in [1.29, 1.82) is 0 Å². The van der Waals surface area contributed by atoms with Crippen LogP contribution in [0, 0.1) is 13.8 Å². The lowest BCUT2D eigenvalue weighted by atomic mass is 10.1. The zero-order chi connectivity index (χ0) is 22.9. The molecule has 0 bridgehead atoms. The van der Waals surface area contributed by atoms with Crippen molar-refractivity contribution in [3.63, 3.8) is 0 Å². The van der Waals surface area contributed by atoms with Crippen LogP contribution >= 0.6 is 11.6 Å². The lowest BCUT2D eigenvalue weighted by Gasteiger charge is -2.36. The topological polar surface area (TPSA) is 41.4 Å². The molecule has 0 saturated carbocycles. The van der Waals surface area contributed by atoms with Crippen molar-refractivity contribution in [3.8, 4) is 11.4 Å². The molecule has 1 saturated heterocycles. The molecule has 5 rings (SSSR count). The van der Waals surface area contributed by atoms with Gasteiger partial charge in [0.2, 0.25) is 0 Å². The van der Waals surface area contributed by atoms with Crippen molar-refractivity contribution >= 4 is 23.2 Å². The maximum Gasteiger partial charge on any atom is 0.274 e. The molecule has 0 unspecified atom stereocenters. The molecular formula is C27H31ClN4O. The number of nitrogens with zero attached hydrogens (tertiary/aromatic N) is 4. The maximum absolute atomic E-state index is 13.6. The Bertz CT molecular complexity index is 1160. The molecule has 1 fully saturated rings. The van der Waals surface area contributed by atoms with Gasteiger partial charge in [0.25, 0.3) is 5.91 Å². The van der Waals surface area contributed by atoms with Gasteiger partial charge >= 0.3 is 0 Å². The van der Waals surface area contributed by atoms with Gasteiger partial charge in [-0.2, -0.15) is 0 Å². The number of piperazine rings is 1. The van der Waals surface area contributed by atoms with Gasteiger partial charge in [0.15, 0.2) is 0 Å². The van der Waals surface area contributed by atoms with Crippen molar-refractivity contribution in [3.05, 3.63) is 70.0 Å². The number of carbonyl (C=O) groups excluding carboxylic acids is 1. The predicted molar refractivity (Wildman–Crippen MR) is 134 cm³/mol. The molecule has 0 N–H and O–H groups in total. The number of imidazole rings is 1. The third kappa shape index (κ3) is 4.39. The Labute approximate surface area is 201 Å². The summed E-state index contributed by atoms with van der Waals surface area (Å²) in [5, 5.41) is 0.708. The molecule has 172 valence electrons. The third-order valence-electron chi connectivity index (χ3n) is 6.93. The fourth-order valence-corrected chi connectivity index (χ4v) is 5.30. The molecule has 3 heterocycles. The van der Waals surface area contributed by atoms with E-state index in [1.807, 2.05) is 29.2 Å². The molecular weight excluding hydrogens is 432 g/mol. The van der Waals surface area contributed by atoms with Crippen LogP contribution in [-0.4, -0.2) is 46.5 Å². The van der Waals surface area contributed by atoms with Crippen LogP contribution in [0.25, 0.3) is 11.4 Å². The second-order valence-electron chi connectivity index (χ2n) is 9.27. The number of benzene rings is 2. The van der Waals surface area contributed by atoms with Gasteiger partial charge in [0, 0.05) is 49.0 Å². The highest BCUT2D eigenvalue weighted by Crippen LogP contribution is 2.29. The molecule has 6 heteroatoms. The number of aromatic nitrogens is 2. The van der Waals surface area contributed by atoms with Crippen molar-refractivity contribution in [2.24, 2.45) is 0 Å². The monoisotopic (exact) mass is 462 g/mol. The summed E-state index contributed by atoms with van der Waals surface area (Å²) in [7, 11) is 0. The summed E-state index contributed by atoms with van der Waals surface area (Å²) >= 11 is 6.11. The quantitative estimate of drug-likeness (QED) is 0.515. The van der Waals surface area contributed by atoms with E-state index in [-0.39, 0.29) is 5.91 Å². The SMILES string of the molecule is Cc1ccc(N2CCN(C(=O)c3nc(-c4ccc(Cl)cc4)n4c3CCCCC4)CC2)c(C)c1. The number of carbonyl (C=O) groups is 1. The van der Waals surface area contributed by atoms with Gasteiger partial charge in [-0.3, -0.25) is 4.79 Å². The Hall–Kier alpha value is -2.79. The number of anilines is 1. The number of fused-ring (bicyclic) bond motifs is 1. The fraction of sp³-hybridized carbons (Fsp3) is 0.407. The lowest BCUT2D eigenvalue weighted by molar-refractivity contribution is 0.0740. The van der Waals surface area contributed by atoms with Gasteiger partial charge in [0.05, 0.1) is 5.69 Å². The fourth-order valence-electron chi connectivity index (χ4n) is 5.17. The van der Waals surface area contributed by atoms with E-state index in [0.29, 0.717) is 23.8 Å². The van der Waals surface area contributed by atoms with Gasteiger partial charge in [-0.05, 0) is 69.0 Å². The Morgan fingerprint density at radius 2 is 1.67 bits per heavy atom. The van der Waals surface area contributed by atoms with Crippen LogP contribution < -0.4 is 4.90 Å². The highest BCUT2D eigenvalue weighted by Gasteiger charge is 2.29. The first-order valence-corrected chi connectivity index (χ1v) is 12.4. The maximum atomic E-state index is 13.6. The summed E-state index contributed by atoms with van der Waals surface area (Å²) in [6.07, 6.45) is 4.31. The zero-order valence-corrected chi connectivity index (χ0v) is 20.2. The molecule has 3 aromatic rings. The van der Waals surface area contributed by atoms with Gasteiger partial charge in [0.1, 0.15) is 11.5 Å². The molecule has 1 aromatic heterocycles. The van der Waals surface area contributed by atoms with E-state index in [4.69, 9.17) is 16.6 Å². The van der Waals surface area contributed by atoms with Crippen LogP contribution in [0.3, 0.4) is 0 Å². The summed E-state index contributed by atoms with van der Waals surface area (Å²) < 4.78 is 2.27. The smallest absolute Gasteiger partial charge is 0.274 e. The molecule has 5 nitrogen and oxygen atoms in total. The van der Waals surface area contributed by atoms with E-state index in [9.17, 15) is 4.79 Å². The molecule has 0 radical (unpaired) electrons. The number of hydrogen-bond acceptors (Lipinski definition) is 3. The van der Waals surface area contributed by atoms with Crippen LogP contribution in [0.5, 0.6) is 0 Å². The van der Waals surface area contributed by atoms with Crippen LogP contribution in [0.2, 0.25) is 5.02 Å². The first-order chi connectivity index (χ1) is 16.0. The molecule has 0 spiro atoms. The molecule has 0 atom stereocenters. The van der Waals surface area contributed by atoms with E-state index >= 15 is 0 Å². The lowest BCUT2D eigenvalue weighted by Crippen LogP contribution is -2.49. The summed E-state index contributed by atoms with van der Waals surface area (Å²) in [6.45, 7) is 8.32. The van der Waals surface area contributed by atoms with Crippen molar-refractivity contribution in [2.45, 2.75) is 46.1 Å². The van der Waals surface area contributed by atoms with Crippen molar-refractivity contribution < 1.29 is 4.79 Å².